The number of piperidine rings is 1. The van der Waals surface area contributed by atoms with Crippen molar-refractivity contribution in [1.29, 1.82) is 0 Å². The van der Waals surface area contributed by atoms with Crippen LogP contribution in [0.1, 0.15) is 18.4 Å². The van der Waals surface area contributed by atoms with Gasteiger partial charge in [0.25, 0.3) is 5.89 Å². The quantitative estimate of drug-likeness (QED) is 0.260. The van der Waals surface area contributed by atoms with Crippen LogP contribution >= 0.6 is 11.6 Å². The minimum Gasteiger partial charge on any atom is -0.450 e. The number of carbonyl (C=O) groups is 1. The molecule has 8 nitrogen and oxygen atoms in total. The Bertz CT molecular complexity index is 1380. The molecule has 0 unspecified atom stereocenters. The van der Waals surface area contributed by atoms with E-state index in [2.05, 4.69) is 15.0 Å². The predicted octanol–water partition coefficient (Wildman–Crippen LogP) is 6.40. The minimum atomic E-state index is -1.26. The van der Waals surface area contributed by atoms with Crippen molar-refractivity contribution in [3.05, 3.63) is 83.4 Å². The first-order chi connectivity index (χ1) is 18.4. The van der Waals surface area contributed by atoms with Crippen molar-refractivity contribution in [3.63, 3.8) is 0 Å². The highest BCUT2D eigenvalue weighted by molar-refractivity contribution is 6.33. The number of rotatable bonds is 8. The van der Waals surface area contributed by atoms with Gasteiger partial charge in [-0.25, -0.2) is 4.79 Å². The normalized spacial score (nSPS) is 15.3. The standard InChI is InChI=1S/C29H28ClN3O5/c1-36-19-29(37-28(34)35)13-15-33(16-14-29)18-20-7-9-22(10-8-20)26-31-27(38-32-26)23-11-12-24(25(30)17-23)21-5-3-2-4-6-21/h2-12,17H,13-16,18-19H2,1H3,(H,34,35). The summed E-state index contributed by atoms with van der Waals surface area (Å²) in [6, 6.07) is 23.7. The van der Waals surface area contributed by atoms with E-state index in [1.165, 1.54) is 0 Å². The van der Waals surface area contributed by atoms with E-state index in [9.17, 15) is 4.79 Å². The largest absolute Gasteiger partial charge is 0.506 e. The molecular weight excluding hydrogens is 506 g/mol. The Balaban J connectivity index is 1.22. The zero-order valence-corrected chi connectivity index (χ0v) is 21.7. The summed E-state index contributed by atoms with van der Waals surface area (Å²) in [7, 11) is 1.56. The molecule has 1 aromatic heterocycles. The molecule has 1 aliphatic heterocycles. The number of aromatic nitrogens is 2. The molecule has 3 aromatic carbocycles. The number of methoxy groups -OCH3 is 1. The van der Waals surface area contributed by atoms with E-state index in [0.29, 0.717) is 29.6 Å². The molecule has 0 saturated carbocycles. The van der Waals surface area contributed by atoms with Gasteiger partial charge >= 0.3 is 6.16 Å². The Morgan fingerprint density at radius 1 is 1.03 bits per heavy atom. The van der Waals surface area contributed by atoms with Gasteiger partial charge in [0, 0.05) is 61.3 Å². The topological polar surface area (TPSA) is 97.9 Å². The zero-order chi connectivity index (χ0) is 26.5. The second-order valence-corrected chi connectivity index (χ2v) is 9.85. The molecule has 1 aliphatic rings. The first-order valence-electron chi connectivity index (χ1n) is 12.4. The first-order valence-corrected chi connectivity index (χ1v) is 12.7. The van der Waals surface area contributed by atoms with Crippen molar-refractivity contribution >= 4 is 17.8 Å². The molecule has 0 spiro atoms. The van der Waals surface area contributed by atoms with Crippen LogP contribution in [0.5, 0.6) is 0 Å². The van der Waals surface area contributed by atoms with E-state index < -0.39 is 11.8 Å². The van der Waals surface area contributed by atoms with Crippen molar-refractivity contribution in [1.82, 2.24) is 15.0 Å². The monoisotopic (exact) mass is 533 g/mol. The highest BCUT2D eigenvalue weighted by atomic mass is 35.5. The van der Waals surface area contributed by atoms with Gasteiger partial charge in [-0.05, 0) is 23.3 Å². The van der Waals surface area contributed by atoms with Crippen LogP contribution in [0, 0.1) is 0 Å². The van der Waals surface area contributed by atoms with Crippen LogP contribution in [0.15, 0.2) is 77.3 Å². The molecule has 9 heteroatoms. The molecule has 5 rings (SSSR count). The molecule has 1 N–H and O–H groups in total. The van der Waals surface area contributed by atoms with Gasteiger partial charge in [-0.2, -0.15) is 4.98 Å². The van der Waals surface area contributed by atoms with Crippen molar-refractivity contribution in [2.75, 3.05) is 26.8 Å². The number of ether oxygens (including phenoxy) is 2. The fourth-order valence-corrected chi connectivity index (χ4v) is 5.11. The van der Waals surface area contributed by atoms with Crippen molar-refractivity contribution in [2.24, 2.45) is 0 Å². The minimum absolute atomic E-state index is 0.262. The smallest absolute Gasteiger partial charge is 0.450 e. The summed E-state index contributed by atoms with van der Waals surface area (Å²) in [4.78, 5) is 18.0. The molecule has 1 fully saturated rings. The number of carboxylic acid groups (broad SMARTS) is 1. The fourth-order valence-electron chi connectivity index (χ4n) is 4.82. The maximum atomic E-state index is 11.1. The molecule has 38 heavy (non-hydrogen) atoms. The van der Waals surface area contributed by atoms with E-state index in [1.54, 1.807) is 7.11 Å². The van der Waals surface area contributed by atoms with Crippen LogP contribution in [0.25, 0.3) is 34.0 Å². The molecule has 0 amide bonds. The maximum Gasteiger partial charge on any atom is 0.506 e. The molecule has 1 saturated heterocycles. The Kier molecular flexibility index (Phi) is 7.74. The van der Waals surface area contributed by atoms with E-state index >= 15 is 0 Å². The molecule has 0 aliphatic carbocycles. The summed E-state index contributed by atoms with van der Waals surface area (Å²) >= 11 is 6.56. The number of hydrogen-bond donors (Lipinski definition) is 1. The van der Waals surface area contributed by atoms with Crippen molar-refractivity contribution in [2.45, 2.75) is 25.0 Å². The third-order valence-corrected chi connectivity index (χ3v) is 7.14. The second kappa shape index (κ2) is 11.3. The molecule has 196 valence electrons. The van der Waals surface area contributed by atoms with Gasteiger partial charge in [-0.15, -0.1) is 0 Å². The third kappa shape index (κ3) is 5.88. The maximum absolute atomic E-state index is 11.1. The average molecular weight is 534 g/mol. The van der Waals surface area contributed by atoms with Crippen LogP contribution in [-0.4, -0.2) is 58.7 Å². The molecule has 0 atom stereocenters. The van der Waals surface area contributed by atoms with Crippen LogP contribution in [0.3, 0.4) is 0 Å². The van der Waals surface area contributed by atoms with Gasteiger partial charge in [0.05, 0.1) is 6.61 Å². The Hall–Kier alpha value is -3.72. The lowest BCUT2D eigenvalue weighted by Crippen LogP contribution is -2.49. The third-order valence-electron chi connectivity index (χ3n) is 6.82. The van der Waals surface area contributed by atoms with Gasteiger partial charge in [0.1, 0.15) is 5.60 Å². The lowest BCUT2D eigenvalue weighted by molar-refractivity contribution is -0.0937. The molecule has 2 heterocycles. The van der Waals surface area contributed by atoms with E-state index in [0.717, 1.165) is 47.5 Å². The van der Waals surface area contributed by atoms with Gasteiger partial charge in [-0.3, -0.25) is 4.90 Å². The Labute approximate surface area is 225 Å². The number of benzene rings is 3. The SMILES string of the molecule is COCC1(OC(=O)O)CCN(Cc2ccc(-c3noc(-c4ccc(-c5ccccc5)c(Cl)c4)n3)cc2)CC1. The van der Waals surface area contributed by atoms with Crippen molar-refractivity contribution < 1.29 is 23.9 Å². The van der Waals surface area contributed by atoms with Crippen LogP contribution in [0.4, 0.5) is 4.79 Å². The number of halogens is 1. The summed E-state index contributed by atoms with van der Waals surface area (Å²) in [6.07, 6.45) is -0.0801. The second-order valence-electron chi connectivity index (χ2n) is 9.44. The number of nitrogens with zero attached hydrogens (tertiary/aromatic N) is 3. The lowest BCUT2D eigenvalue weighted by Gasteiger charge is -2.39. The van der Waals surface area contributed by atoms with E-state index in [-0.39, 0.29) is 6.61 Å². The Morgan fingerprint density at radius 3 is 2.39 bits per heavy atom. The highest BCUT2D eigenvalue weighted by Crippen LogP contribution is 2.33. The van der Waals surface area contributed by atoms with Gasteiger partial charge in [0.15, 0.2) is 0 Å². The number of likely N-dealkylation sites (tertiary alicyclic amines) is 1. The van der Waals surface area contributed by atoms with Gasteiger partial charge < -0.3 is 19.1 Å². The van der Waals surface area contributed by atoms with Crippen LogP contribution in [-0.2, 0) is 16.0 Å². The van der Waals surface area contributed by atoms with Gasteiger partial charge in [-0.1, -0.05) is 77.4 Å². The average Bonchev–Trinajstić information content (AvgIpc) is 3.41. The highest BCUT2D eigenvalue weighted by Gasteiger charge is 2.38. The fraction of sp³-hybridized carbons (Fsp3) is 0.276. The van der Waals surface area contributed by atoms with E-state index in [4.69, 9.17) is 30.7 Å². The van der Waals surface area contributed by atoms with Crippen LogP contribution < -0.4 is 0 Å². The first kappa shape index (κ1) is 25.9. The lowest BCUT2D eigenvalue weighted by atomic mass is 9.91. The summed E-state index contributed by atoms with van der Waals surface area (Å²) in [5, 5.41) is 13.9. The van der Waals surface area contributed by atoms with Gasteiger partial charge in [0.2, 0.25) is 5.82 Å². The summed E-state index contributed by atoms with van der Waals surface area (Å²) in [5.74, 6) is 0.907. The summed E-state index contributed by atoms with van der Waals surface area (Å²) in [5.41, 5.74) is 3.96. The van der Waals surface area contributed by atoms with Crippen molar-refractivity contribution in [3.8, 4) is 34.0 Å². The molecule has 4 aromatic rings. The predicted molar refractivity (Wildman–Crippen MR) is 144 cm³/mol. The molecular formula is C29H28ClN3O5. The number of hydrogen-bond acceptors (Lipinski definition) is 7. The molecule has 0 radical (unpaired) electrons. The Morgan fingerprint density at radius 2 is 1.74 bits per heavy atom. The molecule has 0 bridgehead atoms. The summed E-state index contributed by atoms with van der Waals surface area (Å²) < 4.78 is 15.9. The van der Waals surface area contributed by atoms with E-state index in [1.807, 2.05) is 72.8 Å². The summed E-state index contributed by atoms with van der Waals surface area (Å²) in [6.45, 7) is 2.45. The van der Waals surface area contributed by atoms with Crippen LogP contribution in [0.2, 0.25) is 5.02 Å². The zero-order valence-electron chi connectivity index (χ0n) is 21.0.